The normalized spacial score (nSPS) is 18.5. The zero-order valence-corrected chi connectivity index (χ0v) is 32.7. The fourth-order valence-corrected chi connectivity index (χ4v) is 17.3. The third-order valence-electron chi connectivity index (χ3n) is 4.93. The van der Waals surface area contributed by atoms with Gasteiger partial charge >= 0.3 is 30.6 Å². The van der Waals surface area contributed by atoms with Crippen LogP contribution in [0, 0.1) is 0 Å². The van der Waals surface area contributed by atoms with E-state index in [9.17, 15) is 0 Å². The molecular formula is C30H52N4O8P4. The molecule has 0 radical (unpaired) electrons. The monoisotopic (exact) mass is 720 g/mol. The third kappa shape index (κ3) is 12.0. The number of hydrogen-bond donors (Lipinski definition) is 0. The van der Waals surface area contributed by atoms with Gasteiger partial charge in [-0.3, -0.25) is 0 Å². The maximum absolute atomic E-state index is 6.75. The summed E-state index contributed by atoms with van der Waals surface area (Å²) >= 11 is 0. The van der Waals surface area contributed by atoms with Crippen molar-refractivity contribution in [1.82, 2.24) is 0 Å². The molecular weight excluding hydrogens is 668 g/mol. The Balaban J connectivity index is 2.69. The molecule has 0 unspecified atom stereocenters. The van der Waals surface area contributed by atoms with Crippen molar-refractivity contribution in [2.45, 2.75) is 120 Å². The molecule has 0 N–H and O–H groups in total. The van der Waals surface area contributed by atoms with Crippen molar-refractivity contribution in [2.75, 3.05) is 0 Å². The number of benzene rings is 2. The second-order valence-electron chi connectivity index (χ2n) is 12.1. The van der Waals surface area contributed by atoms with Gasteiger partial charge in [-0.05, 0) is 107 Å². The van der Waals surface area contributed by atoms with Crippen LogP contribution in [0.4, 0.5) is 0 Å². The minimum absolute atomic E-state index is 0.361. The maximum atomic E-state index is 6.75. The molecule has 260 valence electrons. The summed E-state index contributed by atoms with van der Waals surface area (Å²) in [5.41, 5.74) is 0. The van der Waals surface area contributed by atoms with Crippen molar-refractivity contribution in [1.29, 1.82) is 0 Å². The summed E-state index contributed by atoms with van der Waals surface area (Å²) in [7, 11) is -15.1. The van der Waals surface area contributed by atoms with Crippen LogP contribution in [-0.2, 0) is 27.1 Å². The second kappa shape index (κ2) is 16.9. The molecule has 0 saturated carbocycles. The van der Waals surface area contributed by atoms with Crippen molar-refractivity contribution in [3.63, 3.8) is 0 Å². The standard InChI is InChI=1S/C30H52N4O8P4/c1-23(2)35-43(36-24(3)4)31-44(37-25(5)6,38-26(7)8)33-46(41-29-19-15-13-16-20-29,42-30-21-17-14-18-22-30)34-45(32-43,39-27(9)10)40-28(11)12/h13-28H,1-12H3. The SMILES string of the molecule is CC(C)OP1(OC(C)C)=NP(Oc2ccccc2)(Oc2ccccc2)=NP(OC(C)C)(OC(C)C)=NP(OC(C)C)(OC(C)C)=N1. The summed E-state index contributed by atoms with van der Waals surface area (Å²) in [6, 6.07) is 18.4. The molecule has 1 heterocycles. The van der Waals surface area contributed by atoms with Gasteiger partial charge in [0.25, 0.3) is 0 Å². The van der Waals surface area contributed by atoms with Crippen molar-refractivity contribution < 1.29 is 36.2 Å². The van der Waals surface area contributed by atoms with Gasteiger partial charge in [-0.2, -0.15) is 0 Å². The first-order valence-corrected chi connectivity index (χ1v) is 21.8. The summed E-state index contributed by atoms with van der Waals surface area (Å²) in [6.07, 6.45) is -2.25. The highest BCUT2D eigenvalue weighted by Crippen LogP contribution is 2.81. The molecule has 0 amide bonds. The van der Waals surface area contributed by atoms with Gasteiger partial charge in [0.15, 0.2) is 0 Å². The van der Waals surface area contributed by atoms with Gasteiger partial charge in [0, 0.05) is 0 Å². The van der Waals surface area contributed by atoms with Crippen LogP contribution in [0.1, 0.15) is 83.1 Å². The topological polar surface area (TPSA) is 123 Å². The van der Waals surface area contributed by atoms with E-state index < -0.39 is 30.6 Å². The third-order valence-corrected chi connectivity index (χ3v) is 17.2. The number of rotatable bonds is 16. The molecule has 46 heavy (non-hydrogen) atoms. The average molecular weight is 721 g/mol. The zero-order chi connectivity index (χ0) is 34.2. The highest BCUT2D eigenvalue weighted by molar-refractivity contribution is 7.78. The largest absolute Gasteiger partial charge is 0.457 e. The minimum Gasteiger partial charge on any atom is -0.413 e. The summed E-state index contributed by atoms with van der Waals surface area (Å²) in [4.78, 5) is 0. The van der Waals surface area contributed by atoms with Crippen LogP contribution in [-0.4, -0.2) is 36.6 Å². The van der Waals surface area contributed by atoms with E-state index in [0.29, 0.717) is 11.5 Å². The molecule has 3 rings (SSSR count). The number of hydrogen-bond acceptors (Lipinski definition) is 12. The summed E-state index contributed by atoms with van der Waals surface area (Å²) in [5, 5.41) is 0. The first-order chi connectivity index (χ1) is 21.5. The number of para-hydroxylation sites is 2. The van der Waals surface area contributed by atoms with Crippen molar-refractivity contribution in [3.05, 3.63) is 60.7 Å². The summed E-state index contributed by atoms with van der Waals surface area (Å²) in [5.74, 6) is 0.911. The lowest BCUT2D eigenvalue weighted by atomic mass is 10.3. The molecule has 0 bridgehead atoms. The molecule has 0 fully saturated rings. The molecule has 1 aliphatic rings. The Labute approximate surface area is 276 Å². The Morgan fingerprint density at radius 3 is 0.804 bits per heavy atom. The smallest absolute Gasteiger partial charge is 0.413 e. The summed E-state index contributed by atoms with van der Waals surface area (Å²) < 4.78 is 74.0. The fraction of sp³-hybridized carbons (Fsp3) is 0.600. The molecule has 16 heteroatoms. The van der Waals surface area contributed by atoms with Crippen LogP contribution in [0.5, 0.6) is 11.5 Å². The molecule has 0 aliphatic carbocycles. The van der Waals surface area contributed by atoms with Crippen LogP contribution in [0.3, 0.4) is 0 Å². The van der Waals surface area contributed by atoms with E-state index in [1.165, 1.54) is 0 Å². The molecule has 2 aromatic carbocycles. The Morgan fingerprint density at radius 2 is 0.565 bits per heavy atom. The molecule has 12 nitrogen and oxygen atoms in total. The summed E-state index contributed by atoms with van der Waals surface area (Å²) in [6.45, 7) is 22.6. The van der Waals surface area contributed by atoms with E-state index >= 15 is 0 Å². The van der Waals surface area contributed by atoms with Gasteiger partial charge in [0.2, 0.25) is 0 Å². The highest BCUT2D eigenvalue weighted by atomic mass is 31.3. The van der Waals surface area contributed by atoms with Crippen LogP contribution < -0.4 is 9.05 Å². The van der Waals surface area contributed by atoms with E-state index in [1.54, 1.807) is 24.3 Å². The quantitative estimate of drug-likeness (QED) is 0.157. The van der Waals surface area contributed by atoms with Gasteiger partial charge in [0.1, 0.15) is 11.5 Å². The maximum Gasteiger partial charge on any atom is 0.457 e. The predicted octanol–water partition coefficient (Wildman–Crippen LogP) is 12.5. The molecule has 0 spiro atoms. The number of nitrogens with zero attached hydrogens (tertiary/aromatic N) is 4. The van der Waals surface area contributed by atoms with Gasteiger partial charge in [-0.15, -0.1) is 18.1 Å². The molecule has 0 saturated heterocycles. The highest BCUT2D eigenvalue weighted by Gasteiger charge is 2.47. The molecule has 0 aromatic heterocycles. The molecule has 1 aliphatic heterocycles. The van der Waals surface area contributed by atoms with E-state index in [4.69, 9.17) is 54.3 Å². The van der Waals surface area contributed by atoms with Gasteiger partial charge < -0.3 is 36.2 Å². The Kier molecular flexibility index (Phi) is 14.4. The van der Waals surface area contributed by atoms with E-state index in [-0.39, 0.29) is 36.6 Å². The lowest BCUT2D eigenvalue weighted by molar-refractivity contribution is 0.155. The lowest BCUT2D eigenvalue weighted by Crippen LogP contribution is -2.14. The average Bonchev–Trinajstić information content (AvgIpc) is 2.86. The zero-order valence-electron chi connectivity index (χ0n) is 29.1. The molecule has 0 atom stereocenters. The van der Waals surface area contributed by atoms with Crippen LogP contribution >= 0.6 is 30.6 Å². The fourth-order valence-electron chi connectivity index (χ4n) is 3.95. The van der Waals surface area contributed by atoms with Gasteiger partial charge in [-0.1, -0.05) is 36.4 Å². The van der Waals surface area contributed by atoms with E-state index in [2.05, 4.69) is 0 Å². The van der Waals surface area contributed by atoms with Crippen molar-refractivity contribution in [3.8, 4) is 11.5 Å². The Morgan fingerprint density at radius 1 is 0.348 bits per heavy atom. The Bertz CT molecular complexity index is 1380. The molecule has 2 aromatic rings. The van der Waals surface area contributed by atoms with Crippen molar-refractivity contribution in [2.24, 2.45) is 18.1 Å². The second-order valence-corrected chi connectivity index (χ2v) is 20.5. The first kappa shape index (κ1) is 39.2. The minimum atomic E-state index is -3.93. The predicted molar refractivity (Wildman–Crippen MR) is 189 cm³/mol. The van der Waals surface area contributed by atoms with Crippen molar-refractivity contribution >= 4 is 30.6 Å². The van der Waals surface area contributed by atoms with Crippen LogP contribution in [0.25, 0.3) is 0 Å². The first-order valence-electron chi connectivity index (χ1n) is 15.6. The van der Waals surface area contributed by atoms with Gasteiger partial charge in [-0.25, -0.2) is 0 Å². The van der Waals surface area contributed by atoms with E-state index in [1.807, 2.05) is 119 Å². The van der Waals surface area contributed by atoms with Crippen LogP contribution in [0.2, 0.25) is 0 Å². The van der Waals surface area contributed by atoms with E-state index in [0.717, 1.165) is 0 Å². The Hall–Kier alpha value is -1.28. The lowest BCUT2D eigenvalue weighted by Gasteiger charge is -2.35. The van der Waals surface area contributed by atoms with Crippen LogP contribution in [0.15, 0.2) is 78.7 Å². The van der Waals surface area contributed by atoms with Gasteiger partial charge in [0.05, 0.1) is 36.6 Å².